The van der Waals surface area contributed by atoms with Crippen LogP contribution in [0.4, 0.5) is 15.8 Å². The van der Waals surface area contributed by atoms with Crippen molar-refractivity contribution in [2.75, 3.05) is 23.3 Å². The Morgan fingerprint density at radius 3 is 2.42 bits per heavy atom. The van der Waals surface area contributed by atoms with Gasteiger partial charge in [0.25, 0.3) is 15.9 Å². The first-order valence-corrected chi connectivity index (χ1v) is 11.2. The first-order valence-electron chi connectivity index (χ1n) is 9.74. The molecule has 0 unspecified atom stereocenters. The summed E-state index contributed by atoms with van der Waals surface area (Å²) in [6.07, 6.45) is 1.36. The third-order valence-corrected chi connectivity index (χ3v) is 6.54. The number of hydrogen-bond acceptors (Lipinski definition) is 4. The molecule has 160 valence electrons. The van der Waals surface area contributed by atoms with Crippen LogP contribution < -0.4 is 14.4 Å². The Hall–Kier alpha value is -3.39. The number of hydrogen-bond donors (Lipinski definition) is 1. The second-order valence-electron chi connectivity index (χ2n) is 7.19. The van der Waals surface area contributed by atoms with Gasteiger partial charge in [-0.05, 0) is 85.1 Å². The maximum atomic E-state index is 13.2. The van der Waals surface area contributed by atoms with Gasteiger partial charge in [0, 0.05) is 23.5 Å². The molecule has 3 aromatic carbocycles. The lowest BCUT2D eigenvalue weighted by molar-refractivity contribution is 0.0985. The molecule has 0 saturated heterocycles. The van der Waals surface area contributed by atoms with E-state index in [2.05, 4.69) is 4.72 Å². The second-order valence-corrected chi connectivity index (χ2v) is 8.87. The first kappa shape index (κ1) is 20.9. The third kappa shape index (κ3) is 4.39. The standard InChI is InChI=1S/C23H21FN2O4S/c1-30-20-10-8-19(9-11-20)25-31(28,29)21-12-13-22-17(15-21)3-2-14-26(22)23(27)16-4-6-18(24)7-5-16/h4-13,15,25H,2-3,14H2,1H3. The van der Waals surface area contributed by atoms with Crippen molar-refractivity contribution < 1.29 is 22.3 Å². The predicted octanol–water partition coefficient (Wildman–Crippen LogP) is 4.23. The molecule has 1 N–H and O–H groups in total. The smallest absolute Gasteiger partial charge is 0.261 e. The van der Waals surface area contributed by atoms with Crippen LogP contribution in [0.25, 0.3) is 0 Å². The van der Waals surface area contributed by atoms with Gasteiger partial charge in [0.2, 0.25) is 0 Å². The fourth-order valence-electron chi connectivity index (χ4n) is 3.57. The molecule has 4 rings (SSSR count). The summed E-state index contributed by atoms with van der Waals surface area (Å²) >= 11 is 0. The van der Waals surface area contributed by atoms with E-state index in [0.717, 1.165) is 5.56 Å². The van der Waals surface area contributed by atoms with Crippen molar-refractivity contribution in [1.82, 2.24) is 0 Å². The molecule has 0 radical (unpaired) electrons. The highest BCUT2D eigenvalue weighted by Gasteiger charge is 2.25. The number of nitrogens with one attached hydrogen (secondary N) is 1. The lowest BCUT2D eigenvalue weighted by atomic mass is 10.0. The zero-order chi connectivity index (χ0) is 22.0. The number of halogens is 1. The maximum Gasteiger partial charge on any atom is 0.261 e. The summed E-state index contributed by atoms with van der Waals surface area (Å²) in [6, 6.07) is 16.7. The van der Waals surface area contributed by atoms with E-state index in [-0.39, 0.29) is 10.8 Å². The van der Waals surface area contributed by atoms with Gasteiger partial charge in [-0.1, -0.05) is 0 Å². The van der Waals surface area contributed by atoms with E-state index >= 15 is 0 Å². The molecule has 31 heavy (non-hydrogen) atoms. The van der Waals surface area contributed by atoms with Gasteiger partial charge >= 0.3 is 0 Å². The lowest BCUT2D eigenvalue weighted by Gasteiger charge is -2.30. The van der Waals surface area contributed by atoms with Crippen LogP contribution in [0.5, 0.6) is 5.75 Å². The highest BCUT2D eigenvalue weighted by Crippen LogP contribution is 2.31. The number of sulfonamides is 1. The van der Waals surface area contributed by atoms with Gasteiger partial charge in [0.05, 0.1) is 12.0 Å². The molecule has 0 aromatic heterocycles. The summed E-state index contributed by atoms with van der Waals surface area (Å²) in [4.78, 5) is 14.6. The van der Waals surface area contributed by atoms with Gasteiger partial charge in [0.15, 0.2) is 0 Å². The fraction of sp³-hybridized carbons (Fsp3) is 0.174. The minimum Gasteiger partial charge on any atom is -0.497 e. The lowest BCUT2D eigenvalue weighted by Crippen LogP contribution is -2.35. The molecule has 0 saturated carbocycles. The second kappa shape index (κ2) is 8.39. The average Bonchev–Trinajstić information content (AvgIpc) is 2.78. The Bertz CT molecular complexity index is 1210. The number of aryl methyl sites for hydroxylation is 1. The van der Waals surface area contributed by atoms with E-state index in [4.69, 9.17) is 4.74 Å². The highest BCUT2D eigenvalue weighted by molar-refractivity contribution is 7.92. The van der Waals surface area contributed by atoms with Crippen LogP contribution in [0, 0.1) is 5.82 Å². The Morgan fingerprint density at radius 1 is 1.03 bits per heavy atom. The Labute approximate surface area is 180 Å². The molecule has 0 fully saturated rings. The number of methoxy groups -OCH3 is 1. The normalized spacial score (nSPS) is 13.4. The van der Waals surface area contributed by atoms with Crippen molar-refractivity contribution in [1.29, 1.82) is 0 Å². The third-order valence-electron chi connectivity index (χ3n) is 5.16. The van der Waals surface area contributed by atoms with Crippen LogP contribution in [-0.2, 0) is 16.4 Å². The number of carbonyl (C=O) groups is 1. The molecule has 1 heterocycles. The minimum absolute atomic E-state index is 0.123. The van der Waals surface area contributed by atoms with E-state index in [1.54, 1.807) is 41.3 Å². The van der Waals surface area contributed by atoms with Crippen molar-refractivity contribution in [3.05, 3.63) is 83.7 Å². The largest absolute Gasteiger partial charge is 0.497 e. The summed E-state index contributed by atoms with van der Waals surface area (Å²) in [5.74, 6) is -0.0228. The average molecular weight is 440 g/mol. The number of carbonyl (C=O) groups excluding carboxylic acids is 1. The first-order chi connectivity index (χ1) is 14.9. The van der Waals surface area contributed by atoms with Crippen LogP contribution in [0.2, 0.25) is 0 Å². The van der Waals surface area contributed by atoms with Crippen LogP contribution in [0.15, 0.2) is 71.6 Å². The van der Waals surface area contributed by atoms with Crippen molar-refractivity contribution in [2.24, 2.45) is 0 Å². The number of nitrogens with zero attached hydrogens (tertiary/aromatic N) is 1. The van der Waals surface area contributed by atoms with Crippen molar-refractivity contribution >= 4 is 27.3 Å². The maximum absolute atomic E-state index is 13.2. The monoisotopic (exact) mass is 440 g/mol. The van der Waals surface area contributed by atoms with Gasteiger partial charge in [0.1, 0.15) is 11.6 Å². The molecular weight excluding hydrogens is 419 g/mol. The summed E-state index contributed by atoms with van der Waals surface area (Å²) < 4.78 is 46.5. The molecule has 1 aliphatic rings. The molecule has 6 nitrogen and oxygen atoms in total. The van der Waals surface area contributed by atoms with Gasteiger partial charge in [-0.3, -0.25) is 9.52 Å². The quantitative estimate of drug-likeness (QED) is 0.644. The van der Waals surface area contributed by atoms with Crippen LogP contribution in [0.1, 0.15) is 22.3 Å². The minimum atomic E-state index is -3.80. The molecule has 0 bridgehead atoms. The number of anilines is 2. The van der Waals surface area contributed by atoms with E-state index in [0.29, 0.717) is 42.1 Å². The highest BCUT2D eigenvalue weighted by atomic mass is 32.2. The zero-order valence-corrected chi connectivity index (χ0v) is 17.7. The molecule has 3 aromatic rings. The van der Waals surface area contributed by atoms with Gasteiger partial charge in [-0.2, -0.15) is 0 Å². The Balaban J connectivity index is 1.60. The molecule has 1 aliphatic heterocycles. The van der Waals surface area contributed by atoms with Crippen molar-refractivity contribution in [3.8, 4) is 5.75 Å². The molecule has 1 amide bonds. The number of amides is 1. The fourth-order valence-corrected chi connectivity index (χ4v) is 4.68. The molecule has 8 heteroatoms. The van der Waals surface area contributed by atoms with Crippen molar-refractivity contribution in [3.63, 3.8) is 0 Å². The van der Waals surface area contributed by atoms with Crippen LogP contribution in [0.3, 0.4) is 0 Å². The predicted molar refractivity (Wildman–Crippen MR) is 117 cm³/mol. The number of benzene rings is 3. The van der Waals surface area contributed by atoms with E-state index < -0.39 is 15.8 Å². The molecule has 0 spiro atoms. The number of fused-ring (bicyclic) bond motifs is 1. The van der Waals surface area contributed by atoms with E-state index in [1.807, 2.05) is 0 Å². The van der Waals surface area contributed by atoms with Crippen LogP contribution in [-0.4, -0.2) is 28.0 Å². The van der Waals surface area contributed by atoms with E-state index in [9.17, 15) is 17.6 Å². The zero-order valence-electron chi connectivity index (χ0n) is 16.8. The summed E-state index contributed by atoms with van der Waals surface area (Å²) in [7, 11) is -2.26. The Kier molecular flexibility index (Phi) is 5.65. The molecular formula is C23H21FN2O4S. The van der Waals surface area contributed by atoms with Gasteiger partial charge in [-0.25, -0.2) is 12.8 Å². The van der Waals surface area contributed by atoms with Crippen LogP contribution >= 0.6 is 0 Å². The Morgan fingerprint density at radius 2 is 1.74 bits per heavy atom. The number of rotatable bonds is 5. The molecule has 0 aliphatic carbocycles. The SMILES string of the molecule is COc1ccc(NS(=O)(=O)c2ccc3c(c2)CCCN3C(=O)c2ccc(F)cc2)cc1. The van der Waals surface area contributed by atoms with Gasteiger partial charge < -0.3 is 9.64 Å². The van der Waals surface area contributed by atoms with Crippen molar-refractivity contribution in [2.45, 2.75) is 17.7 Å². The summed E-state index contributed by atoms with van der Waals surface area (Å²) in [5, 5.41) is 0. The topological polar surface area (TPSA) is 75.7 Å². The van der Waals surface area contributed by atoms with Gasteiger partial charge in [-0.15, -0.1) is 0 Å². The summed E-state index contributed by atoms with van der Waals surface area (Å²) in [5.41, 5.74) is 2.25. The summed E-state index contributed by atoms with van der Waals surface area (Å²) in [6.45, 7) is 0.513. The van der Waals surface area contributed by atoms with E-state index in [1.165, 1.54) is 37.4 Å². The number of ether oxygens (including phenoxy) is 1. The molecule has 0 atom stereocenters.